The van der Waals surface area contributed by atoms with Crippen LogP contribution in [0.25, 0.3) is 0 Å². The fourth-order valence-corrected chi connectivity index (χ4v) is 9.19. The van der Waals surface area contributed by atoms with E-state index in [1.165, 1.54) is 64.2 Å². The van der Waals surface area contributed by atoms with Crippen molar-refractivity contribution in [1.29, 1.82) is 0 Å². The van der Waals surface area contributed by atoms with Gasteiger partial charge in [0.1, 0.15) is 0 Å². The molecule has 2 N–H and O–H groups in total. The number of aliphatic hydroxyl groups is 2. The molecule has 0 radical (unpaired) electrons. The Kier molecular flexibility index (Phi) is 5.43. The Hall–Kier alpha value is -0.340. The lowest BCUT2D eigenvalue weighted by Crippen LogP contribution is -2.50. The highest BCUT2D eigenvalue weighted by Gasteiger charge is 2.58. The van der Waals surface area contributed by atoms with Crippen LogP contribution in [-0.2, 0) is 0 Å². The van der Waals surface area contributed by atoms with Crippen LogP contribution in [0.1, 0.15) is 104 Å². The van der Waals surface area contributed by atoms with E-state index in [0.717, 1.165) is 55.3 Å². The lowest BCUT2D eigenvalue weighted by atomic mass is 9.47. The molecule has 0 aromatic carbocycles. The highest BCUT2D eigenvalue weighted by molar-refractivity contribution is 5.25. The molecular weight excluding hydrogens is 356 g/mol. The van der Waals surface area contributed by atoms with Gasteiger partial charge in [0, 0.05) is 0 Å². The standard InChI is InChI=1S/C27H44O2/c1-26-13-11-21(28)16-19(26)7-9-23-24-10-8-20(27(24,2)14-12-25(23)26)17-22(29)15-18-5-3-4-6-18/h7,18,20-25,28-29H,3-6,8-17H2,1-2H3/t20?,21?,22-,23?,24?,25?,26?,27?/m0/s1. The van der Waals surface area contributed by atoms with Crippen LogP contribution in [0.4, 0.5) is 0 Å². The highest BCUT2D eigenvalue weighted by atomic mass is 16.3. The van der Waals surface area contributed by atoms with Crippen LogP contribution in [-0.4, -0.2) is 22.4 Å². The van der Waals surface area contributed by atoms with Crippen LogP contribution >= 0.6 is 0 Å². The van der Waals surface area contributed by atoms with Crippen LogP contribution in [0.5, 0.6) is 0 Å². The molecule has 2 heteroatoms. The van der Waals surface area contributed by atoms with E-state index in [1.54, 1.807) is 5.57 Å². The van der Waals surface area contributed by atoms with Crippen molar-refractivity contribution in [3.05, 3.63) is 11.6 Å². The van der Waals surface area contributed by atoms with Crippen molar-refractivity contribution in [2.45, 2.75) is 116 Å². The minimum Gasteiger partial charge on any atom is -0.393 e. The molecule has 29 heavy (non-hydrogen) atoms. The normalized spacial score (nSPS) is 48.6. The summed E-state index contributed by atoms with van der Waals surface area (Å²) in [7, 11) is 0. The molecule has 0 aromatic rings. The van der Waals surface area contributed by atoms with E-state index in [9.17, 15) is 10.2 Å². The fraction of sp³-hybridized carbons (Fsp3) is 0.926. The largest absolute Gasteiger partial charge is 0.393 e. The van der Waals surface area contributed by atoms with E-state index in [4.69, 9.17) is 0 Å². The van der Waals surface area contributed by atoms with Gasteiger partial charge in [-0.15, -0.1) is 0 Å². The molecule has 0 aromatic heterocycles. The number of rotatable bonds is 4. The number of hydrogen-bond donors (Lipinski definition) is 2. The van der Waals surface area contributed by atoms with Gasteiger partial charge in [0.05, 0.1) is 12.2 Å². The second-order valence-electron chi connectivity index (χ2n) is 12.3. The summed E-state index contributed by atoms with van der Waals surface area (Å²) >= 11 is 0. The number of allylic oxidation sites excluding steroid dienone is 1. The molecular formula is C27H44O2. The molecule has 5 aliphatic rings. The number of aliphatic hydroxyl groups excluding tert-OH is 2. The molecule has 0 spiro atoms. The first-order valence-electron chi connectivity index (χ1n) is 13.0. The fourth-order valence-electron chi connectivity index (χ4n) is 9.19. The summed E-state index contributed by atoms with van der Waals surface area (Å²) < 4.78 is 0. The SMILES string of the molecule is CC12CCC(O)CC1=CCC1C2CCC2(C)C(C[C@@H](O)CC3CCCC3)CCC12. The first-order chi connectivity index (χ1) is 13.9. The van der Waals surface area contributed by atoms with Crippen LogP contribution in [0.15, 0.2) is 11.6 Å². The molecule has 4 fully saturated rings. The Morgan fingerprint density at radius 3 is 2.55 bits per heavy atom. The first-order valence-corrected chi connectivity index (χ1v) is 13.0. The molecule has 164 valence electrons. The smallest absolute Gasteiger partial charge is 0.0577 e. The van der Waals surface area contributed by atoms with Crippen molar-refractivity contribution in [2.24, 2.45) is 40.4 Å². The Bertz CT molecular complexity index is 634. The van der Waals surface area contributed by atoms with Gasteiger partial charge in [0.25, 0.3) is 0 Å². The Morgan fingerprint density at radius 2 is 1.76 bits per heavy atom. The topological polar surface area (TPSA) is 40.5 Å². The van der Waals surface area contributed by atoms with Crippen LogP contribution < -0.4 is 0 Å². The van der Waals surface area contributed by atoms with Gasteiger partial charge in [-0.25, -0.2) is 0 Å². The molecule has 0 heterocycles. The quantitative estimate of drug-likeness (QED) is 0.547. The minimum atomic E-state index is -0.100. The molecule has 0 bridgehead atoms. The van der Waals surface area contributed by atoms with Crippen molar-refractivity contribution in [2.75, 3.05) is 0 Å². The average Bonchev–Trinajstić information content (AvgIpc) is 3.30. The first kappa shape index (κ1) is 20.6. The maximum absolute atomic E-state index is 10.9. The number of fused-ring (bicyclic) bond motifs is 5. The van der Waals surface area contributed by atoms with Crippen LogP contribution in [0.2, 0.25) is 0 Å². The van der Waals surface area contributed by atoms with Crippen molar-refractivity contribution in [1.82, 2.24) is 0 Å². The number of hydrogen-bond acceptors (Lipinski definition) is 2. The molecule has 5 aliphatic carbocycles. The summed E-state index contributed by atoms with van der Waals surface area (Å²) in [6.45, 7) is 5.13. The summed E-state index contributed by atoms with van der Waals surface area (Å²) in [5.41, 5.74) is 2.39. The maximum Gasteiger partial charge on any atom is 0.0577 e. The third kappa shape index (κ3) is 3.45. The van der Waals surface area contributed by atoms with Crippen molar-refractivity contribution >= 4 is 0 Å². The minimum absolute atomic E-state index is 0.0633. The summed E-state index contributed by atoms with van der Waals surface area (Å²) in [6.07, 6.45) is 19.8. The van der Waals surface area contributed by atoms with E-state index < -0.39 is 0 Å². The van der Waals surface area contributed by atoms with Gasteiger partial charge in [0.15, 0.2) is 0 Å². The zero-order valence-corrected chi connectivity index (χ0v) is 18.9. The molecule has 7 unspecified atom stereocenters. The average molecular weight is 401 g/mol. The van der Waals surface area contributed by atoms with Gasteiger partial charge in [-0.1, -0.05) is 51.2 Å². The third-order valence-electron chi connectivity index (χ3n) is 10.9. The summed E-state index contributed by atoms with van der Waals surface area (Å²) in [6, 6.07) is 0. The van der Waals surface area contributed by atoms with Gasteiger partial charge >= 0.3 is 0 Å². The zero-order chi connectivity index (χ0) is 20.2. The van der Waals surface area contributed by atoms with Gasteiger partial charge in [-0.05, 0) is 105 Å². The summed E-state index contributed by atoms with van der Waals surface area (Å²) in [5.74, 6) is 4.06. The van der Waals surface area contributed by atoms with Gasteiger partial charge in [-0.2, -0.15) is 0 Å². The Balaban J connectivity index is 1.29. The molecule has 0 aliphatic heterocycles. The summed E-state index contributed by atoms with van der Waals surface area (Å²) in [4.78, 5) is 0. The Labute approximate surface area is 178 Å². The van der Waals surface area contributed by atoms with E-state index in [-0.39, 0.29) is 12.2 Å². The zero-order valence-electron chi connectivity index (χ0n) is 18.9. The second kappa shape index (κ2) is 7.66. The summed E-state index contributed by atoms with van der Waals surface area (Å²) in [5, 5.41) is 21.1. The van der Waals surface area contributed by atoms with Crippen molar-refractivity contribution in [3.63, 3.8) is 0 Å². The second-order valence-corrected chi connectivity index (χ2v) is 12.3. The molecule has 8 atom stereocenters. The van der Waals surface area contributed by atoms with Gasteiger partial charge in [0.2, 0.25) is 0 Å². The van der Waals surface area contributed by atoms with E-state index in [2.05, 4.69) is 19.9 Å². The van der Waals surface area contributed by atoms with E-state index >= 15 is 0 Å². The van der Waals surface area contributed by atoms with Crippen molar-refractivity contribution < 1.29 is 10.2 Å². The van der Waals surface area contributed by atoms with Gasteiger partial charge < -0.3 is 10.2 Å². The molecule has 5 rings (SSSR count). The molecule has 2 nitrogen and oxygen atoms in total. The van der Waals surface area contributed by atoms with Gasteiger partial charge in [-0.3, -0.25) is 0 Å². The predicted octanol–water partition coefficient (Wildman–Crippen LogP) is 6.26. The van der Waals surface area contributed by atoms with E-state index in [0.29, 0.717) is 10.8 Å². The maximum atomic E-state index is 10.9. The highest BCUT2D eigenvalue weighted by Crippen LogP contribution is 2.66. The lowest BCUT2D eigenvalue weighted by molar-refractivity contribution is -0.0561. The van der Waals surface area contributed by atoms with Crippen molar-refractivity contribution in [3.8, 4) is 0 Å². The lowest BCUT2D eigenvalue weighted by Gasteiger charge is -2.58. The molecule has 0 saturated heterocycles. The third-order valence-corrected chi connectivity index (χ3v) is 10.9. The Morgan fingerprint density at radius 1 is 0.966 bits per heavy atom. The van der Waals surface area contributed by atoms with E-state index in [1.807, 2.05) is 0 Å². The molecule has 0 amide bonds. The molecule has 4 saturated carbocycles. The van der Waals surface area contributed by atoms with Crippen LogP contribution in [0.3, 0.4) is 0 Å². The van der Waals surface area contributed by atoms with Crippen LogP contribution in [0, 0.1) is 40.4 Å². The predicted molar refractivity (Wildman–Crippen MR) is 118 cm³/mol. The monoisotopic (exact) mass is 400 g/mol.